The first-order chi connectivity index (χ1) is 16.1. The molecule has 34 heavy (non-hydrogen) atoms. The summed E-state index contributed by atoms with van der Waals surface area (Å²) < 4.78 is 0. The summed E-state index contributed by atoms with van der Waals surface area (Å²) in [6.07, 6.45) is 3.80. The molecule has 1 fully saturated rings. The molecule has 2 aliphatic rings. The zero-order valence-electron chi connectivity index (χ0n) is 19.8. The Kier molecular flexibility index (Phi) is 9.74. The van der Waals surface area contributed by atoms with Gasteiger partial charge < -0.3 is 20.4 Å². The van der Waals surface area contributed by atoms with Crippen LogP contribution in [0.4, 0.5) is 5.69 Å². The number of fused-ring (bicyclic) bond motifs is 1. The third-order valence-electron chi connectivity index (χ3n) is 6.35. The van der Waals surface area contributed by atoms with E-state index < -0.39 is 0 Å². The molecule has 0 unspecified atom stereocenters. The van der Waals surface area contributed by atoms with E-state index in [0.717, 1.165) is 50.1 Å². The molecule has 0 aliphatic carbocycles. The largest absolute Gasteiger partial charge is 0.356 e. The molecule has 2 N–H and O–H groups in total. The Morgan fingerprint density at radius 2 is 1.76 bits per heavy atom. The molecular weight excluding hydrogens is 541 g/mol. The number of amides is 2. The molecule has 8 heteroatoms. The van der Waals surface area contributed by atoms with Gasteiger partial charge in [0.15, 0.2) is 5.96 Å². The number of rotatable bonds is 7. The van der Waals surface area contributed by atoms with Gasteiger partial charge in [0, 0.05) is 58.3 Å². The first kappa shape index (κ1) is 26.0. The van der Waals surface area contributed by atoms with Crippen molar-refractivity contribution in [3.8, 4) is 0 Å². The monoisotopic (exact) mass is 575 g/mol. The number of hydrogen-bond acceptors (Lipinski definition) is 3. The summed E-state index contributed by atoms with van der Waals surface area (Å²) >= 11 is 0. The van der Waals surface area contributed by atoms with Crippen molar-refractivity contribution in [1.29, 1.82) is 0 Å². The zero-order chi connectivity index (χ0) is 23.0. The quantitative estimate of drug-likeness (QED) is 0.230. The van der Waals surface area contributed by atoms with Crippen molar-refractivity contribution in [2.45, 2.75) is 45.2 Å². The molecule has 4 rings (SSSR count). The van der Waals surface area contributed by atoms with E-state index in [2.05, 4.69) is 33.8 Å². The van der Waals surface area contributed by atoms with Crippen molar-refractivity contribution < 1.29 is 9.59 Å². The summed E-state index contributed by atoms with van der Waals surface area (Å²) in [7, 11) is 1.74. The molecule has 182 valence electrons. The predicted octanol–water partition coefficient (Wildman–Crippen LogP) is 3.46. The number of nitrogens with one attached hydrogen (secondary N) is 2. The molecular formula is C26H34IN5O2. The van der Waals surface area contributed by atoms with Crippen molar-refractivity contribution in [3.63, 3.8) is 0 Å². The third kappa shape index (κ3) is 6.71. The number of benzene rings is 2. The van der Waals surface area contributed by atoms with E-state index in [0.29, 0.717) is 31.9 Å². The van der Waals surface area contributed by atoms with E-state index in [1.807, 2.05) is 40.1 Å². The van der Waals surface area contributed by atoms with E-state index in [1.165, 1.54) is 11.1 Å². The Bertz CT molecular complexity index is 1010. The van der Waals surface area contributed by atoms with Crippen molar-refractivity contribution in [3.05, 3.63) is 65.2 Å². The van der Waals surface area contributed by atoms with E-state index in [4.69, 9.17) is 0 Å². The Morgan fingerprint density at radius 3 is 2.47 bits per heavy atom. The topological polar surface area (TPSA) is 77.0 Å². The lowest BCUT2D eigenvalue weighted by atomic mass is 9.99. The summed E-state index contributed by atoms with van der Waals surface area (Å²) in [6, 6.07) is 16.5. The number of hydrogen-bond donors (Lipinski definition) is 2. The second-order valence-corrected chi connectivity index (χ2v) is 8.61. The fourth-order valence-corrected chi connectivity index (χ4v) is 4.43. The number of aliphatic imine (C=N–C) groups is 1. The minimum atomic E-state index is 0. The van der Waals surface area contributed by atoms with Gasteiger partial charge in [0.05, 0.1) is 0 Å². The van der Waals surface area contributed by atoms with Crippen LogP contribution in [0.1, 0.15) is 42.4 Å². The minimum absolute atomic E-state index is 0. The Hall–Kier alpha value is -2.62. The number of nitrogens with zero attached hydrogens (tertiary/aromatic N) is 3. The summed E-state index contributed by atoms with van der Waals surface area (Å²) in [5.41, 5.74) is 4.71. The standard InChI is InChI=1S/C26H33N5O2.HI/c1-27-26(29-18-20-10-12-23(13-11-20)31-16-5-9-25(31)33)28-15-4-8-24(32)30-17-14-21-6-2-3-7-22(21)19-30;/h2-3,6-7,10-13H,4-5,8-9,14-19H2,1H3,(H2,27,28,29);1H. The molecule has 2 amide bonds. The Labute approximate surface area is 219 Å². The fourth-order valence-electron chi connectivity index (χ4n) is 4.43. The number of anilines is 1. The molecule has 0 radical (unpaired) electrons. The molecule has 2 aromatic rings. The smallest absolute Gasteiger partial charge is 0.227 e. The van der Waals surface area contributed by atoms with E-state index in [9.17, 15) is 9.59 Å². The number of carbonyl (C=O) groups is 2. The highest BCUT2D eigenvalue weighted by Crippen LogP contribution is 2.22. The lowest BCUT2D eigenvalue weighted by molar-refractivity contribution is -0.132. The van der Waals surface area contributed by atoms with Gasteiger partial charge in [-0.05, 0) is 48.1 Å². The van der Waals surface area contributed by atoms with Gasteiger partial charge in [0.2, 0.25) is 11.8 Å². The SMILES string of the molecule is CN=C(NCCCC(=O)N1CCc2ccccc2C1)NCc1ccc(N2CCCC2=O)cc1.I. The Morgan fingerprint density at radius 1 is 1.00 bits per heavy atom. The molecule has 0 bridgehead atoms. The summed E-state index contributed by atoms with van der Waals surface area (Å²) in [4.78, 5) is 32.6. The second kappa shape index (κ2) is 12.7. The van der Waals surface area contributed by atoms with E-state index in [1.54, 1.807) is 7.05 Å². The van der Waals surface area contributed by atoms with Gasteiger partial charge in [-0.2, -0.15) is 0 Å². The van der Waals surface area contributed by atoms with Gasteiger partial charge in [-0.15, -0.1) is 24.0 Å². The number of halogens is 1. The summed E-state index contributed by atoms with van der Waals surface area (Å²) in [5, 5.41) is 6.60. The summed E-state index contributed by atoms with van der Waals surface area (Å²) in [5.74, 6) is 1.13. The second-order valence-electron chi connectivity index (χ2n) is 8.61. The molecule has 0 spiro atoms. The van der Waals surface area contributed by atoms with Gasteiger partial charge >= 0.3 is 0 Å². The Balaban J connectivity index is 0.00000324. The first-order valence-electron chi connectivity index (χ1n) is 11.8. The van der Waals surface area contributed by atoms with Crippen LogP contribution in [0.15, 0.2) is 53.5 Å². The van der Waals surface area contributed by atoms with Crippen LogP contribution in [0.2, 0.25) is 0 Å². The van der Waals surface area contributed by atoms with Crippen LogP contribution in [0.25, 0.3) is 0 Å². The first-order valence-corrected chi connectivity index (χ1v) is 11.8. The number of guanidine groups is 1. The summed E-state index contributed by atoms with van der Waals surface area (Å²) in [6.45, 7) is 3.65. The van der Waals surface area contributed by atoms with Crippen molar-refractivity contribution >= 4 is 47.4 Å². The molecule has 0 aromatic heterocycles. The highest BCUT2D eigenvalue weighted by molar-refractivity contribution is 14.0. The lowest BCUT2D eigenvalue weighted by Gasteiger charge is -2.29. The van der Waals surface area contributed by atoms with Gasteiger partial charge in [-0.25, -0.2) is 0 Å². The lowest BCUT2D eigenvalue weighted by Crippen LogP contribution is -2.38. The van der Waals surface area contributed by atoms with Crippen molar-refractivity contribution in [2.75, 3.05) is 31.6 Å². The van der Waals surface area contributed by atoms with Gasteiger partial charge in [0.25, 0.3) is 0 Å². The zero-order valence-corrected chi connectivity index (χ0v) is 22.1. The fraction of sp³-hybridized carbons (Fsp3) is 0.423. The van der Waals surface area contributed by atoms with Crippen LogP contribution in [0, 0.1) is 0 Å². The highest BCUT2D eigenvalue weighted by atomic mass is 127. The molecule has 1 saturated heterocycles. The predicted molar refractivity (Wildman–Crippen MR) is 146 cm³/mol. The van der Waals surface area contributed by atoms with Crippen LogP contribution < -0.4 is 15.5 Å². The van der Waals surface area contributed by atoms with Crippen LogP contribution in [0.3, 0.4) is 0 Å². The molecule has 2 aliphatic heterocycles. The van der Waals surface area contributed by atoms with E-state index >= 15 is 0 Å². The normalized spacial score (nSPS) is 15.6. The van der Waals surface area contributed by atoms with E-state index in [-0.39, 0.29) is 35.8 Å². The van der Waals surface area contributed by atoms with Gasteiger partial charge in [-0.3, -0.25) is 14.6 Å². The van der Waals surface area contributed by atoms with Crippen LogP contribution in [-0.2, 0) is 29.1 Å². The average molecular weight is 575 g/mol. The minimum Gasteiger partial charge on any atom is -0.356 e. The number of carbonyl (C=O) groups excluding carboxylic acids is 2. The van der Waals surface area contributed by atoms with Crippen molar-refractivity contribution in [1.82, 2.24) is 15.5 Å². The molecule has 0 saturated carbocycles. The maximum absolute atomic E-state index is 12.6. The maximum atomic E-state index is 12.6. The maximum Gasteiger partial charge on any atom is 0.227 e. The molecule has 2 heterocycles. The van der Waals surface area contributed by atoms with Gasteiger partial charge in [0.1, 0.15) is 0 Å². The molecule has 7 nitrogen and oxygen atoms in total. The van der Waals surface area contributed by atoms with Crippen LogP contribution >= 0.6 is 24.0 Å². The third-order valence-corrected chi connectivity index (χ3v) is 6.35. The molecule has 0 atom stereocenters. The van der Waals surface area contributed by atoms with Gasteiger partial charge in [-0.1, -0.05) is 36.4 Å². The molecule has 2 aromatic carbocycles. The highest BCUT2D eigenvalue weighted by Gasteiger charge is 2.21. The van der Waals surface area contributed by atoms with Crippen molar-refractivity contribution in [2.24, 2.45) is 4.99 Å². The van der Waals surface area contributed by atoms with Crippen LogP contribution in [-0.4, -0.2) is 49.4 Å². The van der Waals surface area contributed by atoms with Crippen LogP contribution in [0.5, 0.6) is 0 Å². The average Bonchev–Trinajstić information content (AvgIpc) is 3.29.